The summed E-state index contributed by atoms with van der Waals surface area (Å²) in [5.41, 5.74) is 2.76. The Bertz CT molecular complexity index is 473. The number of hydrogen-bond acceptors (Lipinski definition) is 2. The first-order chi connectivity index (χ1) is 6.59. The lowest BCUT2D eigenvalue weighted by molar-refractivity contribution is 0.617. The number of aryl methyl sites for hydroxylation is 1. The summed E-state index contributed by atoms with van der Waals surface area (Å²) in [6.07, 6.45) is 1.81. The molecule has 0 atom stereocenters. The van der Waals surface area contributed by atoms with Crippen LogP contribution in [0, 0.1) is 6.92 Å². The Morgan fingerprint density at radius 3 is 2.79 bits per heavy atom. The predicted octanol–water partition coefficient (Wildman–Crippen LogP) is 2.97. The van der Waals surface area contributed by atoms with Gasteiger partial charge in [-0.2, -0.15) is 0 Å². The Kier molecular flexibility index (Phi) is 2.19. The first-order valence-corrected chi connectivity index (χ1v) is 4.97. The molecule has 2 aromatic heterocycles. The van der Waals surface area contributed by atoms with E-state index >= 15 is 0 Å². The first kappa shape index (κ1) is 9.46. The molecule has 0 amide bonds. The number of pyridine rings is 1. The van der Waals surface area contributed by atoms with Gasteiger partial charge in [0.15, 0.2) is 5.15 Å². The van der Waals surface area contributed by atoms with Gasteiger partial charge in [-0.1, -0.05) is 11.6 Å². The minimum atomic E-state index is 0.387. The molecule has 14 heavy (non-hydrogen) atoms. The standard InChI is InChI=1S/C10H12ClN3/c1-6(2)14-5-12-9-8(14)4-7(3)13-10(9)11/h4-6H,1-3H3. The van der Waals surface area contributed by atoms with E-state index < -0.39 is 0 Å². The summed E-state index contributed by atoms with van der Waals surface area (Å²) < 4.78 is 2.09. The molecule has 0 aliphatic carbocycles. The molecule has 0 saturated carbocycles. The number of fused-ring (bicyclic) bond motifs is 1. The van der Waals surface area contributed by atoms with Crippen molar-refractivity contribution in [2.24, 2.45) is 0 Å². The zero-order chi connectivity index (χ0) is 10.3. The molecule has 0 aliphatic rings. The van der Waals surface area contributed by atoms with Crippen molar-refractivity contribution in [2.45, 2.75) is 26.8 Å². The van der Waals surface area contributed by atoms with Gasteiger partial charge in [-0.15, -0.1) is 0 Å². The second kappa shape index (κ2) is 3.24. The molecule has 0 radical (unpaired) electrons. The third-order valence-electron chi connectivity index (χ3n) is 2.20. The smallest absolute Gasteiger partial charge is 0.157 e. The lowest BCUT2D eigenvalue weighted by atomic mass is 10.3. The van der Waals surface area contributed by atoms with Gasteiger partial charge in [0.05, 0.1) is 11.8 Å². The van der Waals surface area contributed by atoms with Gasteiger partial charge in [-0.3, -0.25) is 0 Å². The lowest BCUT2D eigenvalue weighted by Gasteiger charge is -2.07. The number of aromatic nitrogens is 3. The van der Waals surface area contributed by atoms with Crippen LogP contribution in [0.15, 0.2) is 12.4 Å². The molecular weight excluding hydrogens is 198 g/mol. The molecule has 0 unspecified atom stereocenters. The predicted molar refractivity (Wildman–Crippen MR) is 57.7 cm³/mol. The van der Waals surface area contributed by atoms with Crippen LogP contribution in [-0.2, 0) is 0 Å². The van der Waals surface area contributed by atoms with Crippen molar-refractivity contribution >= 4 is 22.6 Å². The lowest BCUT2D eigenvalue weighted by Crippen LogP contribution is -1.98. The second-order valence-electron chi connectivity index (χ2n) is 3.67. The van der Waals surface area contributed by atoms with E-state index in [9.17, 15) is 0 Å². The van der Waals surface area contributed by atoms with Crippen molar-refractivity contribution in [1.82, 2.24) is 14.5 Å². The molecule has 0 aromatic carbocycles. The average molecular weight is 210 g/mol. The number of nitrogens with zero attached hydrogens (tertiary/aromatic N) is 3. The van der Waals surface area contributed by atoms with Gasteiger partial charge in [-0.05, 0) is 26.8 Å². The quantitative estimate of drug-likeness (QED) is 0.676. The highest BCUT2D eigenvalue weighted by Gasteiger charge is 2.09. The van der Waals surface area contributed by atoms with Crippen LogP contribution in [0.2, 0.25) is 5.15 Å². The highest BCUT2D eigenvalue weighted by molar-refractivity contribution is 6.33. The summed E-state index contributed by atoms with van der Waals surface area (Å²) in [7, 11) is 0. The maximum Gasteiger partial charge on any atom is 0.157 e. The molecule has 0 bridgehead atoms. The SMILES string of the molecule is Cc1cc2c(ncn2C(C)C)c(Cl)n1. The monoisotopic (exact) mass is 209 g/mol. The fourth-order valence-corrected chi connectivity index (χ4v) is 1.80. The van der Waals surface area contributed by atoms with E-state index in [-0.39, 0.29) is 0 Å². The molecule has 0 saturated heterocycles. The van der Waals surface area contributed by atoms with Crippen molar-refractivity contribution in [3.63, 3.8) is 0 Å². The summed E-state index contributed by atoms with van der Waals surface area (Å²) in [4.78, 5) is 8.41. The van der Waals surface area contributed by atoms with Crippen molar-refractivity contribution in [3.8, 4) is 0 Å². The zero-order valence-corrected chi connectivity index (χ0v) is 9.21. The minimum absolute atomic E-state index is 0.387. The third-order valence-corrected chi connectivity index (χ3v) is 2.47. The zero-order valence-electron chi connectivity index (χ0n) is 8.45. The summed E-state index contributed by atoms with van der Waals surface area (Å²) in [6.45, 7) is 6.17. The van der Waals surface area contributed by atoms with Gasteiger partial charge in [0.1, 0.15) is 5.52 Å². The Balaban J connectivity index is 2.78. The van der Waals surface area contributed by atoms with Crippen LogP contribution in [0.5, 0.6) is 0 Å². The van der Waals surface area contributed by atoms with Crippen molar-refractivity contribution < 1.29 is 0 Å². The van der Waals surface area contributed by atoms with Crippen molar-refractivity contribution in [3.05, 3.63) is 23.2 Å². The Morgan fingerprint density at radius 1 is 1.43 bits per heavy atom. The Morgan fingerprint density at radius 2 is 2.14 bits per heavy atom. The van der Waals surface area contributed by atoms with Crippen LogP contribution in [0.25, 0.3) is 11.0 Å². The van der Waals surface area contributed by atoms with Gasteiger partial charge >= 0.3 is 0 Å². The van der Waals surface area contributed by atoms with Crippen molar-refractivity contribution in [1.29, 1.82) is 0 Å². The van der Waals surface area contributed by atoms with Crippen molar-refractivity contribution in [2.75, 3.05) is 0 Å². The maximum atomic E-state index is 5.99. The van der Waals surface area contributed by atoms with E-state index in [1.54, 1.807) is 0 Å². The summed E-state index contributed by atoms with van der Waals surface area (Å²) in [5.74, 6) is 0. The Hall–Kier alpha value is -1.09. The maximum absolute atomic E-state index is 5.99. The fourth-order valence-electron chi connectivity index (χ4n) is 1.52. The van der Waals surface area contributed by atoms with E-state index in [2.05, 4.69) is 28.4 Å². The van der Waals surface area contributed by atoms with Gasteiger partial charge in [0.2, 0.25) is 0 Å². The van der Waals surface area contributed by atoms with E-state index in [1.807, 2.05) is 19.3 Å². The van der Waals surface area contributed by atoms with Crippen LogP contribution in [0.1, 0.15) is 25.6 Å². The molecule has 2 aromatic rings. The highest BCUT2D eigenvalue weighted by atomic mass is 35.5. The van der Waals surface area contributed by atoms with E-state index in [0.717, 1.165) is 16.7 Å². The van der Waals surface area contributed by atoms with E-state index in [0.29, 0.717) is 11.2 Å². The normalized spacial score (nSPS) is 11.5. The minimum Gasteiger partial charge on any atom is -0.328 e. The highest BCUT2D eigenvalue weighted by Crippen LogP contribution is 2.23. The van der Waals surface area contributed by atoms with Crippen LogP contribution in [0.4, 0.5) is 0 Å². The van der Waals surface area contributed by atoms with Gasteiger partial charge in [0, 0.05) is 11.7 Å². The molecule has 0 N–H and O–H groups in total. The van der Waals surface area contributed by atoms with E-state index in [4.69, 9.17) is 11.6 Å². The second-order valence-corrected chi connectivity index (χ2v) is 4.03. The average Bonchev–Trinajstić information content (AvgIpc) is 2.47. The van der Waals surface area contributed by atoms with Crippen LogP contribution in [-0.4, -0.2) is 14.5 Å². The van der Waals surface area contributed by atoms with Gasteiger partial charge < -0.3 is 4.57 Å². The van der Waals surface area contributed by atoms with E-state index in [1.165, 1.54) is 0 Å². The fraction of sp³-hybridized carbons (Fsp3) is 0.400. The molecule has 2 heterocycles. The molecule has 74 valence electrons. The van der Waals surface area contributed by atoms with Gasteiger partial charge in [-0.25, -0.2) is 9.97 Å². The molecule has 3 nitrogen and oxygen atoms in total. The summed E-state index contributed by atoms with van der Waals surface area (Å²) in [6, 6.07) is 2.40. The molecule has 0 fully saturated rings. The molecule has 4 heteroatoms. The number of imidazole rings is 1. The first-order valence-electron chi connectivity index (χ1n) is 4.59. The van der Waals surface area contributed by atoms with Crippen LogP contribution >= 0.6 is 11.6 Å². The third kappa shape index (κ3) is 1.38. The number of hydrogen-bond donors (Lipinski definition) is 0. The summed E-state index contributed by atoms with van der Waals surface area (Å²) >= 11 is 5.99. The molecule has 0 spiro atoms. The van der Waals surface area contributed by atoms with Gasteiger partial charge in [0.25, 0.3) is 0 Å². The molecular formula is C10H12ClN3. The summed E-state index contributed by atoms with van der Waals surface area (Å²) in [5, 5.41) is 0.486. The number of halogens is 1. The molecule has 0 aliphatic heterocycles. The van der Waals surface area contributed by atoms with Crippen LogP contribution in [0.3, 0.4) is 0 Å². The largest absolute Gasteiger partial charge is 0.328 e. The topological polar surface area (TPSA) is 30.7 Å². The Labute approximate surface area is 87.7 Å². The number of rotatable bonds is 1. The molecule has 2 rings (SSSR count). The van der Waals surface area contributed by atoms with Crippen LogP contribution < -0.4 is 0 Å².